The Morgan fingerprint density at radius 1 is 1.20 bits per heavy atom. The maximum absolute atomic E-state index is 11.3. The third-order valence-corrected chi connectivity index (χ3v) is 3.28. The van der Waals surface area contributed by atoms with Gasteiger partial charge in [-0.3, -0.25) is 4.79 Å². The minimum absolute atomic E-state index is 0.00999. The van der Waals surface area contributed by atoms with E-state index in [1.54, 1.807) is 0 Å². The Labute approximate surface area is 93.4 Å². The summed E-state index contributed by atoms with van der Waals surface area (Å²) in [5.74, 6) is 0.973. The van der Waals surface area contributed by atoms with Crippen molar-refractivity contribution in [3.8, 4) is 0 Å². The fourth-order valence-corrected chi connectivity index (χ4v) is 2.63. The fourth-order valence-electron chi connectivity index (χ4n) is 2.63. The van der Waals surface area contributed by atoms with Crippen LogP contribution in [0.3, 0.4) is 0 Å². The summed E-state index contributed by atoms with van der Waals surface area (Å²) in [7, 11) is 1.49. The van der Waals surface area contributed by atoms with Crippen LogP contribution in [0.15, 0.2) is 0 Å². The lowest BCUT2D eigenvalue weighted by Gasteiger charge is -2.31. The molecule has 0 saturated heterocycles. The van der Waals surface area contributed by atoms with E-state index >= 15 is 0 Å². The number of esters is 1. The van der Waals surface area contributed by atoms with Crippen molar-refractivity contribution in [1.82, 2.24) is 0 Å². The van der Waals surface area contributed by atoms with E-state index in [1.807, 2.05) is 0 Å². The highest BCUT2D eigenvalue weighted by Gasteiger charge is 2.28. The minimum Gasteiger partial charge on any atom is -0.469 e. The molecule has 0 unspecified atom stereocenters. The Hall–Kier alpha value is -0.530. The van der Waals surface area contributed by atoms with E-state index in [4.69, 9.17) is 4.74 Å². The first-order chi connectivity index (χ1) is 6.92. The van der Waals surface area contributed by atoms with Gasteiger partial charge in [-0.05, 0) is 43.4 Å². The van der Waals surface area contributed by atoms with Gasteiger partial charge in [0, 0.05) is 0 Å². The average molecular weight is 212 g/mol. The molecule has 0 spiro atoms. The third kappa shape index (κ3) is 4.23. The van der Waals surface area contributed by atoms with E-state index in [1.165, 1.54) is 26.4 Å². The van der Waals surface area contributed by atoms with Gasteiger partial charge >= 0.3 is 5.97 Å². The van der Waals surface area contributed by atoms with Crippen LogP contribution >= 0.6 is 0 Å². The molecule has 1 aliphatic carbocycles. The highest BCUT2D eigenvalue weighted by Crippen LogP contribution is 2.36. The van der Waals surface area contributed by atoms with Gasteiger partial charge in [-0.2, -0.15) is 0 Å². The number of rotatable bonds is 2. The van der Waals surface area contributed by atoms with Gasteiger partial charge in [-0.25, -0.2) is 0 Å². The van der Waals surface area contributed by atoms with Crippen LogP contribution < -0.4 is 0 Å². The summed E-state index contributed by atoms with van der Waals surface area (Å²) in [6.07, 6.45) is 5.70. The second-order valence-electron chi connectivity index (χ2n) is 6.01. The molecule has 0 aromatic rings. The van der Waals surface area contributed by atoms with Gasteiger partial charge in [-0.15, -0.1) is 0 Å². The lowest BCUT2D eigenvalue weighted by molar-refractivity contribution is -0.146. The molecule has 2 nitrogen and oxygen atoms in total. The lowest BCUT2D eigenvalue weighted by Crippen LogP contribution is -2.25. The van der Waals surface area contributed by atoms with Crippen LogP contribution in [0.1, 0.15) is 52.9 Å². The number of carbonyl (C=O) groups is 1. The predicted octanol–water partition coefficient (Wildman–Crippen LogP) is 3.40. The van der Waals surface area contributed by atoms with Crippen LogP contribution in [0.5, 0.6) is 0 Å². The largest absolute Gasteiger partial charge is 0.469 e. The SMILES string of the molecule is COC(=O)C1CCC(CC(C)(C)C)CC1. The molecule has 0 aromatic carbocycles. The molecule has 1 aliphatic rings. The zero-order valence-electron chi connectivity index (χ0n) is 10.5. The van der Waals surface area contributed by atoms with Crippen LogP contribution in [-0.4, -0.2) is 13.1 Å². The van der Waals surface area contributed by atoms with Gasteiger partial charge in [0.2, 0.25) is 0 Å². The van der Waals surface area contributed by atoms with Gasteiger partial charge in [0.15, 0.2) is 0 Å². The molecule has 0 heterocycles. The Morgan fingerprint density at radius 2 is 1.73 bits per heavy atom. The van der Waals surface area contributed by atoms with Crippen molar-refractivity contribution >= 4 is 5.97 Å². The molecular weight excluding hydrogens is 188 g/mol. The first kappa shape index (κ1) is 12.5. The number of hydrogen-bond acceptors (Lipinski definition) is 2. The van der Waals surface area contributed by atoms with E-state index in [0.717, 1.165) is 18.8 Å². The van der Waals surface area contributed by atoms with Crippen molar-refractivity contribution in [3.63, 3.8) is 0 Å². The molecule has 0 aliphatic heterocycles. The predicted molar refractivity (Wildman–Crippen MR) is 61.5 cm³/mol. The molecule has 1 rings (SSSR count). The van der Waals surface area contributed by atoms with Crippen molar-refractivity contribution in [2.24, 2.45) is 17.3 Å². The first-order valence-electron chi connectivity index (χ1n) is 6.00. The van der Waals surface area contributed by atoms with Crippen molar-refractivity contribution in [3.05, 3.63) is 0 Å². The van der Waals surface area contributed by atoms with Crippen molar-refractivity contribution < 1.29 is 9.53 Å². The number of ether oxygens (including phenoxy) is 1. The highest BCUT2D eigenvalue weighted by molar-refractivity contribution is 5.72. The molecule has 2 heteroatoms. The van der Waals surface area contributed by atoms with Crippen LogP contribution in [0.4, 0.5) is 0 Å². The second-order valence-corrected chi connectivity index (χ2v) is 6.01. The van der Waals surface area contributed by atoms with E-state index < -0.39 is 0 Å². The van der Waals surface area contributed by atoms with Crippen LogP contribution in [0.25, 0.3) is 0 Å². The first-order valence-corrected chi connectivity index (χ1v) is 6.00. The monoisotopic (exact) mass is 212 g/mol. The molecule has 0 bridgehead atoms. The quantitative estimate of drug-likeness (QED) is 0.656. The molecular formula is C13H24O2. The lowest BCUT2D eigenvalue weighted by atomic mass is 9.74. The summed E-state index contributed by atoms with van der Waals surface area (Å²) in [6.45, 7) is 6.87. The summed E-state index contributed by atoms with van der Waals surface area (Å²) in [5.41, 5.74) is 0.419. The number of hydrogen-bond donors (Lipinski definition) is 0. The smallest absolute Gasteiger partial charge is 0.308 e. The Balaban J connectivity index is 2.33. The van der Waals surface area contributed by atoms with Gasteiger partial charge in [0.25, 0.3) is 0 Å². The Kier molecular flexibility index (Phi) is 4.18. The second kappa shape index (κ2) is 5.00. The Morgan fingerprint density at radius 3 is 2.13 bits per heavy atom. The van der Waals surface area contributed by atoms with E-state index in [-0.39, 0.29) is 11.9 Å². The maximum atomic E-state index is 11.3. The molecule has 1 saturated carbocycles. The van der Waals surface area contributed by atoms with E-state index in [0.29, 0.717) is 5.41 Å². The van der Waals surface area contributed by atoms with E-state index in [9.17, 15) is 4.79 Å². The highest BCUT2D eigenvalue weighted by atomic mass is 16.5. The zero-order valence-corrected chi connectivity index (χ0v) is 10.5. The standard InChI is InChI=1S/C13H24O2/c1-13(2,3)9-10-5-7-11(8-6-10)12(14)15-4/h10-11H,5-9H2,1-4H3. The summed E-state index contributed by atoms with van der Waals surface area (Å²) >= 11 is 0. The third-order valence-electron chi connectivity index (χ3n) is 3.28. The molecule has 15 heavy (non-hydrogen) atoms. The summed E-state index contributed by atoms with van der Waals surface area (Å²) in [5, 5.41) is 0. The number of methoxy groups -OCH3 is 1. The van der Waals surface area contributed by atoms with Crippen LogP contribution in [0.2, 0.25) is 0 Å². The molecule has 1 fully saturated rings. The van der Waals surface area contributed by atoms with Gasteiger partial charge in [-0.1, -0.05) is 20.8 Å². The van der Waals surface area contributed by atoms with Gasteiger partial charge < -0.3 is 4.74 Å². The number of carbonyl (C=O) groups excluding carboxylic acids is 1. The topological polar surface area (TPSA) is 26.3 Å². The van der Waals surface area contributed by atoms with Crippen molar-refractivity contribution in [2.45, 2.75) is 52.9 Å². The molecule has 88 valence electrons. The molecule has 0 radical (unpaired) electrons. The maximum Gasteiger partial charge on any atom is 0.308 e. The summed E-state index contributed by atoms with van der Waals surface area (Å²) in [4.78, 5) is 11.3. The summed E-state index contributed by atoms with van der Waals surface area (Å²) < 4.78 is 4.79. The van der Waals surface area contributed by atoms with Gasteiger partial charge in [0.1, 0.15) is 0 Å². The van der Waals surface area contributed by atoms with Crippen LogP contribution in [-0.2, 0) is 9.53 Å². The minimum atomic E-state index is -0.00999. The molecule has 0 aromatic heterocycles. The zero-order chi connectivity index (χ0) is 11.5. The average Bonchev–Trinajstić information content (AvgIpc) is 2.15. The van der Waals surface area contributed by atoms with Gasteiger partial charge in [0.05, 0.1) is 13.0 Å². The molecule has 0 N–H and O–H groups in total. The van der Waals surface area contributed by atoms with Crippen molar-refractivity contribution in [1.29, 1.82) is 0 Å². The van der Waals surface area contributed by atoms with Crippen molar-refractivity contribution in [2.75, 3.05) is 7.11 Å². The summed E-state index contributed by atoms with van der Waals surface area (Å²) in [6, 6.07) is 0. The van der Waals surface area contributed by atoms with Crippen LogP contribution in [0, 0.1) is 17.3 Å². The van der Waals surface area contributed by atoms with E-state index in [2.05, 4.69) is 20.8 Å². The molecule has 0 atom stereocenters. The fraction of sp³-hybridized carbons (Fsp3) is 0.923. The Bertz CT molecular complexity index is 207. The normalized spacial score (nSPS) is 27.5. The molecule has 0 amide bonds.